The number of benzene rings is 1. The monoisotopic (exact) mass is 327 g/mol. The number of hydrogen-bond donors (Lipinski definition) is 0. The summed E-state index contributed by atoms with van der Waals surface area (Å²) < 4.78 is 2.10. The minimum Gasteiger partial charge on any atom is -0.318 e. The Morgan fingerprint density at radius 3 is 2.43 bits per heavy atom. The normalized spacial score (nSPS) is 11.8. The minimum absolute atomic E-state index is 0.261. The van der Waals surface area contributed by atoms with Crippen molar-refractivity contribution in [1.82, 2.24) is 4.57 Å². The van der Waals surface area contributed by atoms with Crippen molar-refractivity contribution in [2.24, 2.45) is 0 Å². The Balaban J connectivity index is 2.63. The van der Waals surface area contributed by atoms with Gasteiger partial charge >= 0.3 is 0 Å². The van der Waals surface area contributed by atoms with Gasteiger partial charge in [0.05, 0.1) is 5.02 Å². The second kappa shape index (κ2) is 7.47. The summed E-state index contributed by atoms with van der Waals surface area (Å²) in [5, 5.41) is 0.634. The fourth-order valence-electron chi connectivity index (χ4n) is 2.65. The summed E-state index contributed by atoms with van der Waals surface area (Å²) in [6.45, 7) is 10.0. The molecule has 0 bridgehead atoms. The number of rotatable bonds is 6. The Hall–Kier alpha value is -2.06. The van der Waals surface area contributed by atoms with Crippen LogP contribution in [0.4, 0.5) is 0 Å². The van der Waals surface area contributed by atoms with Crippen molar-refractivity contribution < 1.29 is 4.79 Å². The lowest BCUT2D eigenvalue weighted by Crippen LogP contribution is -2.02. The molecule has 0 fully saturated rings. The summed E-state index contributed by atoms with van der Waals surface area (Å²) in [7, 11) is 0. The van der Waals surface area contributed by atoms with E-state index in [1.807, 2.05) is 6.20 Å². The van der Waals surface area contributed by atoms with Crippen molar-refractivity contribution in [3.8, 4) is 5.69 Å². The zero-order valence-electron chi connectivity index (χ0n) is 13.8. The van der Waals surface area contributed by atoms with E-state index < -0.39 is 0 Å². The van der Waals surface area contributed by atoms with Crippen LogP contribution in [0.15, 0.2) is 48.7 Å². The lowest BCUT2D eigenvalue weighted by Gasteiger charge is -2.14. The summed E-state index contributed by atoms with van der Waals surface area (Å²) in [6.07, 6.45) is 7.06. The van der Waals surface area contributed by atoms with E-state index in [1.165, 1.54) is 5.56 Å². The molecule has 1 aromatic carbocycles. The molecule has 1 aromatic heterocycles. The van der Waals surface area contributed by atoms with Gasteiger partial charge in [-0.25, -0.2) is 0 Å². The smallest absolute Gasteiger partial charge is 0.150 e. The molecule has 0 spiro atoms. The van der Waals surface area contributed by atoms with Gasteiger partial charge in [-0.1, -0.05) is 57.2 Å². The molecule has 0 saturated carbocycles. The predicted octanol–water partition coefficient (Wildman–Crippen LogP) is 5.58. The number of carbonyl (C=O) groups is 1. The molecular weight excluding hydrogens is 306 g/mol. The first-order valence-electron chi connectivity index (χ1n) is 7.81. The molecule has 0 radical (unpaired) electrons. The zero-order chi connectivity index (χ0) is 17.0. The van der Waals surface area contributed by atoms with Crippen molar-refractivity contribution in [3.05, 3.63) is 70.5 Å². The molecule has 0 saturated heterocycles. The van der Waals surface area contributed by atoms with E-state index in [2.05, 4.69) is 56.2 Å². The number of allylic oxidation sites excluding steroid dienone is 2. The first-order valence-corrected chi connectivity index (χ1v) is 8.19. The molecule has 0 unspecified atom stereocenters. The molecule has 0 aliphatic carbocycles. The third-order valence-electron chi connectivity index (χ3n) is 3.89. The van der Waals surface area contributed by atoms with E-state index >= 15 is 0 Å². The van der Waals surface area contributed by atoms with E-state index in [0.717, 1.165) is 29.7 Å². The van der Waals surface area contributed by atoms with Crippen LogP contribution < -0.4 is 0 Å². The molecule has 0 aliphatic heterocycles. The van der Waals surface area contributed by atoms with Crippen LogP contribution in [0.2, 0.25) is 5.02 Å². The van der Waals surface area contributed by atoms with Crippen molar-refractivity contribution in [3.63, 3.8) is 0 Å². The highest BCUT2D eigenvalue weighted by atomic mass is 35.5. The highest BCUT2D eigenvalue weighted by molar-refractivity contribution is 6.32. The van der Waals surface area contributed by atoms with Crippen LogP contribution in [0, 0.1) is 0 Å². The van der Waals surface area contributed by atoms with Gasteiger partial charge in [-0.15, -0.1) is 0 Å². The number of aromatic nitrogens is 1. The molecule has 0 amide bonds. The summed E-state index contributed by atoms with van der Waals surface area (Å²) in [6, 6.07) is 8.46. The number of aldehydes is 1. The number of nitrogens with zero attached hydrogens (tertiary/aromatic N) is 1. The Kier molecular flexibility index (Phi) is 5.62. The van der Waals surface area contributed by atoms with Gasteiger partial charge in [0.15, 0.2) is 0 Å². The molecule has 2 aromatic rings. The molecule has 1 heterocycles. The second-order valence-electron chi connectivity index (χ2n) is 5.79. The van der Waals surface area contributed by atoms with Crippen LogP contribution in [0.1, 0.15) is 43.5 Å². The van der Waals surface area contributed by atoms with Crippen LogP contribution in [-0.2, 0) is 11.2 Å². The molecule has 0 atom stereocenters. The van der Waals surface area contributed by atoms with E-state index in [1.54, 1.807) is 12.2 Å². The summed E-state index contributed by atoms with van der Waals surface area (Å²) in [5.74, 6) is 0.261. The average Bonchev–Trinajstić information content (AvgIpc) is 2.89. The fourth-order valence-corrected chi connectivity index (χ4v) is 2.90. The van der Waals surface area contributed by atoms with Gasteiger partial charge in [0.2, 0.25) is 0 Å². The van der Waals surface area contributed by atoms with Gasteiger partial charge in [0, 0.05) is 28.7 Å². The Morgan fingerprint density at radius 1 is 1.30 bits per heavy atom. The maximum Gasteiger partial charge on any atom is 0.150 e. The molecular formula is C20H22ClNO. The zero-order valence-corrected chi connectivity index (χ0v) is 14.6. The van der Waals surface area contributed by atoms with Gasteiger partial charge < -0.3 is 4.57 Å². The first kappa shape index (κ1) is 17.3. The minimum atomic E-state index is 0.261. The third kappa shape index (κ3) is 3.65. The topological polar surface area (TPSA) is 22.0 Å². The summed E-state index contributed by atoms with van der Waals surface area (Å²) in [4.78, 5) is 11.1. The van der Waals surface area contributed by atoms with Gasteiger partial charge in [-0.2, -0.15) is 0 Å². The standard InChI is InChI=1S/C20H22ClNO/c1-5-15-7-9-17(10-8-15)22-12-19(21)18(20(22)14(3)4)11-16(6-2)13-23/h6-14H,2,5H2,1,3-4H3/b16-11+. The largest absolute Gasteiger partial charge is 0.318 e. The summed E-state index contributed by atoms with van der Waals surface area (Å²) >= 11 is 6.45. The average molecular weight is 328 g/mol. The van der Waals surface area contributed by atoms with E-state index in [9.17, 15) is 4.79 Å². The van der Waals surface area contributed by atoms with Gasteiger partial charge in [0.25, 0.3) is 0 Å². The molecule has 3 heteroatoms. The van der Waals surface area contributed by atoms with E-state index in [4.69, 9.17) is 11.6 Å². The van der Waals surface area contributed by atoms with E-state index in [-0.39, 0.29) is 5.92 Å². The number of halogens is 1. The maximum absolute atomic E-state index is 11.1. The van der Waals surface area contributed by atoms with Crippen LogP contribution in [-0.4, -0.2) is 10.9 Å². The van der Waals surface area contributed by atoms with Crippen molar-refractivity contribution in [2.75, 3.05) is 0 Å². The van der Waals surface area contributed by atoms with Crippen LogP contribution >= 0.6 is 11.6 Å². The quantitative estimate of drug-likeness (QED) is 0.385. The Morgan fingerprint density at radius 2 is 1.96 bits per heavy atom. The van der Waals surface area contributed by atoms with Gasteiger partial charge in [-0.3, -0.25) is 4.79 Å². The molecule has 2 nitrogen and oxygen atoms in total. The maximum atomic E-state index is 11.1. The fraction of sp³-hybridized carbons (Fsp3) is 0.250. The van der Waals surface area contributed by atoms with Crippen LogP contribution in [0.25, 0.3) is 11.8 Å². The Labute approximate surface area is 143 Å². The second-order valence-corrected chi connectivity index (χ2v) is 6.19. The lowest BCUT2D eigenvalue weighted by molar-refractivity contribution is -0.104. The summed E-state index contributed by atoms with van der Waals surface area (Å²) in [5.41, 5.74) is 4.85. The number of carbonyl (C=O) groups excluding carboxylic acids is 1. The molecule has 23 heavy (non-hydrogen) atoms. The highest BCUT2D eigenvalue weighted by Gasteiger charge is 2.17. The lowest BCUT2D eigenvalue weighted by atomic mass is 10.0. The Bertz CT molecular complexity index is 726. The van der Waals surface area contributed by atoms with Crippen molar-refractivity contribution in [2.45, 2.75) is 33.1 Å². The molecule has 120 valence electrons. The molecule has 0 N–H and O–H groups in total. The SMILES string of the molecule is C=C/C(C=O)=C\c1c(Cl)cn(-c2ccc(CC)cc2)c1C(C)C. The van der Waals surface area contributed by atoms with Crippen molar-refractivity contribution >= 4 is 24.0 Å². The van der Waals surface area contributed by atoms with Gasteiger partial charge in [-0.05, 0) is 36.1 Å². The number of aryl methyl sites for hydroxylation is 1. The van der Waals surface area contributed by atoms with Crippen LogP contribution in [0.5, 0.6) is 0 Å². The van der Waals surface area contributed by atoms with Crippen molar-refractivity contribution in [1.29, 1.82) is 0 Å². The third-order valence-corrected chi connectivity index (χ3v) is 4.19. The van der Waals surface area contributed by atoms with Crippen LogP contribution in [0.3, 0.4) is 0 Å². The van der Waals surface area contributed by atoms with E-state index in [0.29, 0.717) is 10.6 Å². The molecule has 0 aliphatic rings. The van der Waals surface area contributed by atoms with Gasteiger partial charge in [0.1, 0.15) is 6.29 Å². The predicted molar refractivity (Wildman–Crippen MR) is 98.5 cm³/mol. The highest BCUT2D eigenvalue weighted by Crippen LogP contribution is 2.33. The first-order chi connectivity index (χ1) is 11.0. The molecule has 2 rings (SSSR count). The number of hydrogen-bond acceptors (Lipinski definition) is 1.